The number of nitrogens with two attached hydrogens (primary N) is 1. The number of amides is 2. The van der Waals surface area contributed by atoms with Crippen molar-refractivity contribution in [3.8, 4) is 0 Å². The highest BCUT2D eigenvalue weighted by Gasteiger charge is 2.08. The number of hydrogen-bond acceptors (Lipinski definition) is 3. The van der Waals surface area contributed by atoms with E-state index in [2.05, 4.69) is 21.2 Å². The van der Waals surface area contributed by atoms with Gasteiger partial charge in [0.25, 0.3) is 0 Å². The van der Waals surface area contributed by atoms with Gasteiger partial charge in [-0.3, -0.25) is 14.5 Å². The van der Waals surface area contributed by atoms with Crippen LogP contribution in [0.25, 0.3) is 0 Å². The highest BCUT2D eigenvalue weighted by atomic mass is 79.9. The van der Waals surface area contributed by atoms with E-state index >= 15 is 0 Å². The number of nitrogens with one attached hydrogen (secondary N) is 1. The third-order valence-electron chi connectivity index (χ3n) is 3.23. The Kier molecular flexibility index (Phi) is 5.90. The number of anilines is 1. The third kappa shape index (κ3) is 5.50. The standard InChI is InChI=1S/C17H18BrN3O2/c1-21(10-12-2-6-14(18)7-3-12)11-16(22)20-15-8-4-13(5-9-15)17(19)23/h2-9H,10-11H2,1H3,(H2,19,23)(H,20,22). The molecule has 0 unspecified atom stereocenters. The summed E-state index contributed by atoms with van der Waals surface area (Å²) in [6, 6.07) is 14.5. The van der Waals surface area contributed by atoms with Crippen molar-refractivity contribution in [3.63, 3.8) is 0 Å². The average Bonchev–Trinajstić information content (AvgIpc) is 2.50. The van der Waals surface area contributed by atoms with E-state index < -0.39 is 5.91 Å². The van der Waals surface area contributed by atoms with E-state index in [1.807, 2.05) is 36.2 Å². The Hall–Kier alpha value is -2.18. The van der Waals surface area contributed by atoms with E-state index in [0.717, 1.165) is 10.0 Å². The van der Waals surface area contributed by atoms with Crippen molar-refractivity contribution in [1.82, 2.24) is 4.90 Å². The molecule has 2 aromatic rings. The molecule has 3 N–H and O–H groups in total. The van der Waals surface area contributed by atoms with Gasteiger partial charge in [0.15, 0.2) is 0 Å². The van der Waals surface area contributed by atoms with Crippen molar-refractivity contribution in [3.05, 3.63) is 64.1 Å². The van der Waals surface area contributed by atoms with Crippen molar-refractivity contribution in [1.29, 1.82) is 0 Å². The zero-order chi connectivity index (χ0) is 16.8. The predicted molar refractivity (Wildman–Crippen MR) is 94.1 cm³/mol. The van der Waals surface area contributed by atoms with Crippen LogP contribution in [0.5, 0.6) is 0 Å². The first kappa shape index (κ1) is 17.2. The summed E-state index contributed by atoms with van der Waals surface area (Å²) < 4.78 is 1.03. The molecule has 2 rings (SSSR count). The highest BCUT2D eigenvalue weighted by Crippen LogP contribution is 2.12. The predicted octanol–water partition coefficient (Wildman–Crippen LogP) is 2.62. The summed E-state index contributed by atoms with van der Waals surface area (Å²) in [5.74, 6) is -0.603. The molecule has 0 aliphatic rings. The van der Waals surface area contributed by atoms with E-state index in [-0.39, 0.29) is 12.5 Å². The molecule has 0 saturated heterocycles. The van der Waals surface area contributed by atoms with Crippen LogP contribution >= 0.6 is 15.9 Å². The molecule has 0 radical (unpaired) electrons. The molecule has 23 heavy (non-hydrogen) atoms. The van der Waals surface area contributed by atoms with Crippen molar-refractivity contribution in [2.45, 2.75) is 6.54 Å². The first-order chi connectivity index (χ1) is 10.9. The van der Waals surface area contributed by atoms with Crippen LogP contribution in [0.3, 0.4) is 0 Å². The third-order valence-corrected chi connectivity index (χ3v) is 3.76. The van der Waals surface area contributed by atoms with Gasteiger partial charge in [-0.1, -0.05) is 28.1 Å². The number of carbonyl (C=O) groups excluding carboxylic acids is 2. The minimum absolute atomic E-state index is 0.114. The van der Waals surface area contributed by atoms with E-state index in [4.69, 9.17) is 5.73 Å². The summed E-state index contributed by atoms with van der Waals surface area (Å²) in [5.41, 5.74) is 7.36. The van der Waals surface area contributed by atoms with Gasteiger partial charge in [-0.2, -0.15) is 0 Å². The van der Waals surface area contributed by atoms with Crippen molar-refractivity contribution in [2.75, 3.05) is 18.9 Å². The van der Waals surface area contributed by atoms with Gasteiger partial charge in [0.1, 0.15) is 0 Å². The van der Waals surface area contributed by atoms with Gasteiger partial charge >= 0.3 is 0 Å². The SMILES string of the molecule is CN(CC(=O)Nc1ccc(C(N)=O)cc1)Cc1ccc(Br)cc1. The van der Waals surface area contributed by atoms with Gasteiger partial charge in [-0.15, -0.1) is 0 Å². The molecule has 0 aliphatic heterocycles. The molecule has 2 amide bonds. The summed E-state index contributed by atoms with van der Waals surface area (Å²) in [7, 11) is 1.89. The number of rotatable bonds is 6. The normalized spacial score (nSPS) is 10.6. The Labute approximate surface area is 143 Å². The fourth-order valence-corrected chi connectivity index (χ4v) is 2.39. The van der Waals surface area contributed by atoms with Crippen LogP contribution in [-0.2, 0) is 11.3 Å². The first-order valence-corrected chi connectivity index (χ1v) is 7.86. The first-order valence-electron chi connectivity index (χ1n) is 7.07. The van der Waals surface area contributed by atoms with Crippen LogP contribution in [0, 0.1) is 0 Å². The Morgan fingerprint density at radius 1 is 1.09 bits per heavy atom. The van der Waals surface area contributed by atoms with Gasteiger partial charge in [0.05, 0.1) is 6.54 Å². The monoisotopic (exact) mass is 375 g/mol. The van der Waals surface area contributed by atoms with Crippen LogP contribution in [0.2, 0.25) is 0 Å². The van der Waals surface area contributed by atoms with Gasteiger partial charge in [0, 0.05) is 22.3 Å². The van der Waals surface area contributed by atoms with Crippen LogP contribution in [0.15, 0.2) is 53.0 Å². The molecule has 0 aliphatic carbocycles. The number of carbonyl (C=O) groups is 2. The Morgan fingerprint density at radius 2 is 1.70 bits per heavy atom. The lowest BCUT2D eigenvalue weighted by Gasteiger charge is -2.16. The zero-order valence-electron chi connectivity index (χ0n) is 12.8. The summed E-state index contributed by atoms with van der Waals surface area (Å²) in [6.07, 6.45) is 0. The molecule has 0 heterocycles. The maximum atomic E-state index is 12.0. The number of nitrogens with zero attached hydrogens (tertiary/aromatic N) is 1. The highest BCUT2D eigenvalue weighted by molar-refractivity contribution is 9.10. The Bertz CT molecular complexity index is 684. The molecule has 5 nitrogen and oxygen atoms in total. The molecule has 2 aromatic carbocycles. The topological polar surface area (TPSA) is 75.4 Å². The number of benzene rings is 2. The number of hydrogen-bond donors (Lipinski definition) is 2. The Balaban J connectivity index is 1.86. The van der Waals surface area contributed by atoms with Gasteiger partial charge in [-0.25, -0.2) is 0 Å². The molecule has 0 aromatic heterocycles. The molecular formula is C17H18BrN3O2. The fraction of sp³-hybridized carbons (Fsp3) is 0.176. The smallest absolute Gasteiger partial charge is 0.248 e. The van der Waals surface area contributed by atoms with E-state index in [9.17, 15) is 9.59 Å². The molecule has 0 saturated carbocycles. The van der Waals surface area contributed by atoms with Crippen LogP contribution < -0.4 is 11.1 Å². The van der Waals surface area contributed by atoms with Crippen LogP contribution in [0.4, 0.5) is 5.69 Å². The lowest BCUT2D eigenvalue weighted by atomic mass is 10.2. The van der Waals surface area contributed by atoms with Crippen LogP contribution in [-0.4, -0.2) is 30.3 Å². The summed E-state index contributed by atoms with van der Waals surface area (Å²) in [5, 5.41) is 2.79. The van der Waals surface area contributed by atoms with Gasteiger partial charge < -0.3 is 11.1 Å². The van der Waals surface area contributed by atoms with Crippen LogP contribution in [0.1, 0.15) is 15.9 Å². The van der Waals surface area contributed by atoms with Crippen molar-refractivity contribution < 1.29 is 9.59 Å². The van der Waals surface area contributed by atoms with Crippen molar-refractivity contribution in [2.24, 2.45) is 5.73 Å². The lowest BCUT2D eigenvalue weighted by Crippen LogP contribution is -2.29. The fourth-order valence-electron chi connectivity index (χ4n) is 2.12. The van der Waals surface area contributed by atoms with E-state index in [1.165, 1.54) is 0 Å². The summed E-state index contributed by atoms with van der Waals surface area (Å²) in [4.78, 5) is 25.0. The van der Waals surface area contributed by atoms with E-state index in [1.54, 1.807) is 24.3 Å². The maximum absolute atomic E-state index is 12.0. The van der Waals surface area contributed by atoms with E-state index in [0.29, 0.717) is 17.8 Å². The quantitative estimate of drug-likeness (QED) is 0.814. The van der Waals surface area contributed by atoms with Gasteiger partial charge in [-0.05, 0) is 49.0 Å². The molecule has 6 heteroatoms. The lowest BCUT2D eigenvalue weighted by molar-refractivity contribution is -0.117. The molecule has 0 atom stereocenters. The number of primary amides is 1. The maximum Gasteiger partial charge on any atom is 0.248 e. The Morgan fingerprint density at radius 3 is 2.26 bits per heavy atom. The molecule has 0 spiro atoms. The second-order valence-electron chi connectivity index (χ2n) is 5.29. The zero-order valence-corrected chi connectivity index (χ0v) is 14.3. The average molecular weight is 376 g/mol. The minimum atomic E-state index is -0.489. The molecule has 0 bridgehead atoms. The number of halogens is 1. The molecule has 0 fully saturated rings. The minimum Gasteiger partial charge on any atom is -0.366 e. The van der Waals surface area contributed by atoms with Gasteiger partial charge in [0.2, 0.25) is 11.8 Å². The molecule has 120 valence electrons. The van der Waals surface area contributed by atoms with Crippen molar-refractivity contribution >= 4 is 33.4 Å². The number of likely N-dealkylation sites (N-methyl/N-ethyl adjacent to an activating group) is 1. The second kappa shape index (κ2) is 7.89. The largest absolute Gasteiger partial charge is 0.366 e. The second-order valence-corrected chi connectivity index (χ2v) is 6.20. The summed E-state index contributed by atoms with van der Waals surface area (Å²) in [6.45, 7) is 0.953. The molecular weight excluding hydrogens is 358 g/mol. The summed E-state index contributed by atoms with van der Waals surface area (Å²) >= 11 is 3.40.